The fourth-order valence-electron chi connectivity index (χ4n) is 2.95. The van der Waals surface area contributed by atoms with Crippen LogP contribution in [0.2, 0.25) is 0 Å². The van der Waals surface area contributed by atoms with E-state index < -0.39 is 0 Å². The van der Waals surface area contributed by atoms with Crippen LogP contribution in [0.15, 0.2) is 48.8 Å². The van der Waals surface area contributed by atoms with Crippen molar-refractivity contribution in [1.82, 2.24) is 4.90 Å². The summed E-state index contributed by atoms with van der Waals surface area (Å²) < 4.78 is 0. The van der Waals surface area contributed by atoms with Gasteiger partial charge in [0.25, 0.3) is 0 Å². The number of hydrogen-bond donors (Lipinski definition) is 1. The summed E-state index contributed by atoms with van der Waals surface area (Å²) in [6.45, 7) is 10.3. The lowest BCUT2D eigenvalue weighted by molar-refractivity contribution is 0.426. The monoisotopic (exact) mass is 292 g/mol. The maximum atomic E-state index is 9.88. The van der Waals surface area contributed by atoms with E-state index in [2.05, 4.69) is 39.6 Å². The minimum absolute atomic E-state index is 0.318. The molecule has 0 unspecified atom stereocenters. The molecule has 0 saturated heterocycles. The molecule has 3 nitrogen and oxygen atoms in total. The van der Waals surface area contributed by atoms with Crippen LogP contribution in [0.4, 0.5) is 5.69 Å². The number of rotatable bonds is 3. The zero-order valence-corrected chi connectivity index (χ0v) is 13.2. The van der Waals surface area contributed by atoms with E-state index in [-0.39, 0.29) is 0 Å². The molecular formula is C19H20N2O. The highest BCUT2D eigenvalue weighted by Crippen LogP contribution is 2.31. The maximum Gasteiger partial charge on any atom is 0.213 e. The Morgan fingerprint density at radius 3 is 2.36 bits per heavy atom. The summed E-state index contributed by atoms with van der Waals surface area (Å²) in [6, 6.07) is 11.8. The number of nitrogens with zero attached hydrogens (tertiary/aromatic N) is 2. The van der Waals surface area contributed by atoms with Gasteiger partial charge in [0.05, 0.1) is 0 Å². The van der Waals surface area contributed by atoms with Gasteiger partial charge in [-0.3, -0.25) is 0 Å². The van der Waals surface area contributed by atoms with Gasteiger partial charge in [-0.25, -0.2) is 0 Å². The molecule has 2 aromatic carbocycles. The molecule has 0 amide bonds. The van der Waals surface area contributed by atoms with Crippen molar-refractivity contribution in [3.05, 3.63) is 77.7 Å². The molecule has 1 N–H and O–H groups in total. The highest BCUT2D eigenvalue weighted by atomic mass is 16.3. The smallest absolute Gasteiger partial charge is 0.213 e. The predicted molar refractivity (Wildman–Crippen MR) is 89.2 cm³/mol. The average molecular weight is 292 g/mol. The molecule has 2 radical (unpaired) electrons. The Bertz CT molecular complexity index is 698. The van der Waals surface area contributed by atoms with Gasteiger partial charge >= 0.3 is 0 Å². The second kappa shape index (κ2) is 5.76. The van der Waals surface area contributed by atoms with Crippen LogP contribution in [-0.4, -0.2) is 10.0 Å². The van der Waals surface area contributed by atoms with Crippen LogP contribution in [0.25, 0.3) is 0 Å². The molecule has 0 fully saturated rings. The molecule has 0 aliphatic carbocycles. The van der Waals surface area contributed by atoms with Crippen molar-refractivity contribution in [1.29, 1.82) is 0 Å². The van der Waals surface area contributed by atoms with Crippen LogP contribution in [0.1, 0.15) is 22.3 Å². The van der Waals surface area contributed by atoms with Crippen LogP contribution < -0.4 is 4.90 Å². The fraction of sp³-hybridized carbons (Fsp3) is 0.211. The van der Waals surface area contributed by atoms with Crippen molar-refractivity contribution in [3.63, 3.8) is 0 Å². The third-order valence-corrected chi connectivity index (χ3v) is 3.84. The second-order valence-electron chi connectivity index (χ2n) is 5.77. The summed E-state index contributed by atoms with van der Waals surface area (Å²) >= 11 is 0. The van der Waals surface area contributed by atoms with Gasteiger partial charge in [-0.2, -0.15) is 0 Å². The third kappa shape index (κ3) is 2.80. The van der Waals surface area contributed by atoms with Crippen LogP contribution in [-0.2, 0) is 6.54 Å². The molecule has 3 rings (SSSR count). The number of anilines is 1. The summed E-state index contributed by atoms with van der Waals surface area (Å²) in [7, 11) is 0. The van der Waals surface area contributed by atoms with Gasteiger partial charge in [-0.05, 0) is 38.0 Å². The van der Waals surface area contributed by atoms with Gasteiger partial charge < -0.3 is 14.9 Å². The van der Waals surface area contributed by atoms with Crippen molar-refractivity contribution < 1.29 is 5.11 Å². The van der Waals surface area contributed by atoms with E-state index in [4.69, 9.17) is 0 Å². The Morgan fingerprint density at radius 2 is 1.68 bits per heavy atom. The van der Waals surface area contributed by atoms with Crippen molar-refractivity contribution in [3.8, 4) is 5.75 Å². The first-order chi connectivity index (χ1) is 10.5. The van der Waals surface area contributed by atoms with Crippen LogP contribution >= 0.6 is 0 Å². The number of benzene rings is 2. The zero-order valence-electron chi connectivity index (χ0n) is 13.2. The lowest BCUT2D eigenvalue weighted by Crippen LogP contribution is -2.20. The maximum absolute atomic E-state index is 9.88. The number of phenols is 1. The van der Waals surface area contributed by atoms with Crippen molar-refractivity contribution in [2.75, 3.05) is 4.90 Å². The molecule has 0 atom stereocenters. The Kier molecular flexibility index (Phi) is 3.80. The first-order valence-corrected chi connectivity index (χ1v) is 7.40. The Labute approximate surface area is 132 Å². The summed E-state index contributed by atoms with van der Waals surface area (Å²) in [5.74, 6) is 0.318. The average Bonchev–Trinajstić information content (AvgIpc) is 2.88. The van der Waals surface area contributed by atoms with Crippen molar-refractivity contribution in [2.45, 2.75) is 27.3 Å². The van der Waals surface area contributed by atoms with Crippen LogP contribution in [0, 0.1) is 27.4 Å². The minimum Gasteiger partial charge on any atom is -0.508 e. The number of aromatic hydroxyl groups is 1. The quantitative estimate of drug-likeness (QED) is 0.922. The molecule has 0 aromatic heterocycles. The molecule has 2 aromatic rings. The molecular weight excluding hydrogens is 272 g/mol. The Balaban J connectivity index is 1.76. The SMILES string of the molecule is Cc1cc(C)c(N2[C]N(Cc3ccccc3O)C=C2)c(C)c1. The predicted octanol–water partition coefficient (Wildman–Crippen LogP) is 4.11. The van der Waals surface area contributed by atoms with E-state index in [0.717, 1.165) is 5.56 Å². The summed E-state index contributed by atoms with van der Waals surface area (Å²) in [5.41, 5.74) is 5.80. The first kappa shape index (κ1) is 14.5. The lowest BCUT2D eigenvalue weighted by atomic mass is 10.0. The van der Waals surface area contributed by atoms with E-state index in [1.807, 2.05) is 40.4 Å². The van der Waals surface area contributed by atoms with E-state index in [9.17, 15) is 5.11 Å². The molecule has 1 heterocycles. The topological polar surface area (TPSA) is 26.7 Å². The highest BCUT2D eigenvalue weighted by molar-refractivity contribution is 5.63. The summed E-state index contributed by atoms with van der Waals surface area (Å²) in [5, 5.41) is 9.88. The highest BCUT2D eigenvalue weighted by Gasteiger charge is 2.20. The van der Waals surface area contributed by atoms with Crippen LogP contribution in [0.5, 0.6) is 5.75 Å². The molecule has 112 valence electrons. The summed E-state index contributed by atoms with van der Waals surface area (Å²) in [4.78, 5) is 3.97. The van der Waals surface area contributed by atoms with E-state index >= 15 is 0 Å². The largest absolute Gasteiger partial charge is 0.508 e. The number of phenolic OH excluding ortho intramolecular Hbond substituents is 1. The third-order valence-electron chi connectivity index (χ3n) is 3.84. The molecule has 0 bridgehead atoms. The van der Waals surface area contributed by atoms with Crippen LogP contribution in [0.3, 0.4) is 0 Å². The molecule has 0 saturated carbocycles. The first-order valence-electron chi connectivity index (χ1n) is 7.40. The minimum atomic E-state index is 0.318. The molecule has 3 heteroatoms. The molecule has 22 heavy (non-hydrogen) atoms. The number of para-hydroxylation sites is 1. The van der Waals surface area contributed by atoms with Crippen molar-refractivity contribution >= 4 is 5.69 Å². The van der Waals surface area contributed by atoms with Gasteiger partial charge in [0, 0.05) is 30.2 Å². The Morgan fingerprint density at radius 1 is 1.00 bits per heavy atom. The van der Waals surface area contributed by atoms with Gasteiger partial charge in [0.15, 0.2) is 0 Å². The van der Waals surface area contributed by atoms with E-state index in [1.54, 1.807) is 6.07 Å². The van der Waals surface area contributed by atoms with E-state index in [0.29, 0.717) is 12.3 Å². The summed E-state index contributed by atoms with van der Waals surface area (Å²) in [6.07, 6.45) is 3.98. The normalized spacial score (nSPS) is 14.0. The molecule has 0 spiro atoms. The lowest BCUT2D eigenvalue weighted by Gasteiger charge is -2.23. The van der Waals surface area contributed by atoms with Gasteiger partial charge in [-0.15, -0.1) is 0 Å². The van der Waals surface area contributed by atoms with Gasteiger partial charge in [0.2, 0.25) is 6.67 Å². The fourth-order valence-corrected chi connectivity index (χ4v) is 2.95. The molecule has 1 aliphatic rings. The number of aryl methyl sites for hydroxylation is 3. The van der Waals surface area contributed by atoms with Crippen molar-refractivity contribution in [2.24, 2.45) is 0 Å². The standard InChI is InChI=1S/C19H20N2O/c1-14-10-15(2)19(16(3)11-14)21-9-8-20(13-21)12-17-6-4-5-7-18(17)22/h4-11,22H,12H2,1-3H3. The zero-order chi connectivity index (χ0) is 15.7. The van der Waals surface area contributed by atoms with Gasteiger partial charge in [0.1, 0.15) is 5.75 Å². The molecule has 1 aliphatic heterocycles. The van der Waals surface area contributed by atoms with Gasteiger partial charge in [-0.1, -0.05) is 35.9 Å². The second-order valence-corrected chi connectivity index (χ2v) is 5.77. The van der Waals surface area contributed by atoms with E-state index in [1.165, 1.54) is 22.4 Å². The number of hydrogen-bond acceptors (Lipinski definition) is 3. The Hall–Kier alpha value is -2.42.